The van der Waals surface area contributed by atoms with Crippen molar-refractivity contribution in [2.24, 2.45) is 0 Å². The fourth-order valence-electron chi connectivity index (χ4n) is 3.89. The Balaban J connectivity index is 2.44. The molecule has 1 atom stereocenters. The van der Waals surface area contributed by atoms with E-state index in [1.807, 2.05) is 11.3 Å². The number of carbonyl (C=O) groups excluding carboxylic acids is 2. The number of hydrogen-bond acceptors (Lipinski definition) is 4. The molecule has 1 unspecified atom stereocenters. The first-order chi connectivity index (χ1) is 13.5. The van der Waals surface area contributed by atoms with E-state index < -0.39 is 24.4 Å². The summed E-state index contributed by atoms with van der Waals surface area (Å²) < 4.78 is 7.88. The molecule has 1 amide bonds. The number of thiazole rings is 1. The molecule has 7 heteroatoms. The summed E-state index contributed by atoms with van der Waals surface area (Å²) in [5.74, 6) is -0.112. The number of Topliss-reactive ketones (excluding diaryl/α,β-unsaturated/α-hetero) is 1. The van der Waals surface area contributed by atoms with Gasteiger partial charge in [-0.1, -0.05) is 0 Å². The zero-order valence-corrected chi connectivity index (χ0v) is 21.5. The number of nitrogens with one attached hydrogen (secondary N) is 1. The molecule has 0 saturated carbocycles. The van der Waals surface area contributed by atoms with E-state index in [1.165, 1.54) is 51.8 Å². The maximum absolute atomic E-state index is 12.7. The first-order valence-corrected chi connectivity index (χ1v) is 19.0. The summed E-state index contributed by atoms with van der Waals surface area (Å²) in [6.07, 6.45) is 12.4. The third-order valence-electron chi connectivity index (χ3n) is 5.71. The van der Waals surface area contributed by atoms with Crippen LogP contribution in [-0.2, 0) is 4.79 Å². The number of carbonyl (C=O) groups is 2. The van der Waals surface area contributed by atoms with Gasteiger partial charge >= 0.3 is 178 Å². The molecule has 0 bridgehead atoms. The van der Waals surface area contributed by atoms with Crippen LogP contribution >= 0.6 is 11.3 Å². The number of amides is 1. The zero-order chi connectivity index (χ0) is 20.6. The minimum atomic E-state index is -2.51. The molecule has 2 rings (SSSR count). The third-order valence-corrected chi connectivity index (χ3v) is 25.0. The number of aromatic nitrogens is 2. The predicted molar refractivity (Wildman–Crippen MR) is 121 cm³/mol. The number of hydrogen-bond donors (Lipinski definition) is 1. The predicted octanol–water partition coefficient (Wildman–Crippen LogP) is 4.77. The van der Waals surface area contributed by atoms with Crippen LogP contribution in [0, 0.1) is 0 Å². The molecule has 0 spiro atoms. The van der Waals surface area contributed by atoms with Gasteiger partial charge in [-0.15, -0.1) is 0 Å². The van der Waals surface area contributed by atoms with Crippen LogP contribution < -0.4 is 8.21 Å². The third kappa shape index (κ3) is 5.37. The quantitative estimate of drug-likeness (QED) is 0.226. The van der Waals surface area contributed by atoms with Gasteiger partial charge in [0.1, 0.15) is 0 Å². The number of rotatable bonds is 14. The minimum absolute atomic E-state index is 0.112. The summed E-state index contributed by atoms with van der Waals surface area (Å²) in [6.45, 7) is 8.58. The molecule has 2 heterocycles. The van der Waals surface area contributed by atoms with E-state index in [9.17, 15) is 9.59 Å². The van der Waals surface area contributed by atoms with Crippen molar-refractivity contribution in [1.29, 1.82) is 0 Å². The van der Waals surface area contributed by atoms with Gasteiger partial charge in [0.2, 0.25) is 0 Å². The Morgan fingerprint density at radius 3 is 2.25 bits per heavy atom. The van der Waals surface area contributed by atoms with Crippen LogP contribution in [0.3, 0.4) is 0 Å². The van der Waals surface area contributed by atoms with Crippen molar-refractivity contribution in [1.82, 2.24) is 14.7 Å². The van der Waals surface area contributed by atoms with Crippen LogP contribution in [0.5, 0.6) is 0 Å². The molecule has 1 N–H and O–H groups in total. The Bertz CT molecular complexity index is 749. The Hall–Kier alpha value is -0.891. The topological polar surface area (TPSA) is 63.5 Å². The van der Waals surface area contributed by atoms with E-state index in [-0.39, 0.29) is 5.78 Å². The Labute approximate surface area is 177 Å². The van der Waals surface area contributed by atoms with E-state index in [0.717, 1.165) is 4.83 Å². The van der Waals surface area contributed by atoms with Crippen molar-refractivity contribution in [3.63, 3.8) is 0 Å². The van der Waals surface area contributed by atoms with Crippen molar-refractivity contribution >= 4 is 49.6 Å². The van der Waals surface area contributed by atoms with Gasteiger partial charge in [0.05, 0.1) is 0 Å². The molecule has 0 fully saturated rings. The fraction of sp³-hybridized carbons (Fsp3) is 0.667. The van der Waals surface area contributed by atoms with Gasteiger partial charge in [0, 0.05) is 0 Å². The second-order valence-corrected chi connectivity index (χ2v) is 23.1. The molecule has 5 nitrogen and oxygen atoms in total. The van der Waals surface area contributed by atoms with E-state index in [0.29, 0.717) is 12.1 Å². The molecule has 28 heavy (non-hydrogen) atoms. The summed E-state index contributed by atoms with van der Waals surface area (Å²) in [7, 11) is 0. The average Bonchev–Trinajstić information content (AvgIpc) is 3.28. The summed E-state index contributed by atoms with van der Waals surface area (Å²) in [5.41, 5.74) is 0.500. The summed E-state index contributed by atoms with van der Waals surface area (Å²) >= 11 is -0.700. The van der Waals surface area contributed by atoms with E-state index in [4.69, 9.17) is 0 Å². The standard InChI is InChI=1S/C9H8N3O2S.3C4H9.Sn/c1-6(11-5-13)8(14)7-9-12(4-10-7)2-3-15-9;3*1-3-4-2;/h2,4-6H,1H3,(H,11,13);3*1,3-4H2,2H3;. The van der Waals surface area contributed by atoms with Gasteiger partial charge in [0.15, 0.2) is 0 Å². The molecule has 2 aromatic heterocycles. The number of ketones is 1. The van der Waals surface area contributed by atoms with Gasteiger partial charge in [-0.3, -0.25) is 0 Å². The van der Waals surface area contributed by atoms with E-state index >= 15 is 0 Å². The second kappa shape index (κ2) is 11.3. The van der Waals surface area contributed by atoms with Crippen LogP contribution in [0.15, 0.2) is 12.5 Å². The molecule has 0 aliphatic carbocycles. The number of fused-ring (bicyclic) bond motifs is 1. The van der Waals surface area contributed by atoms with Crippen LogP contribution in [0.1, 0.15) is 76.7 Å². The second-order valence-electron chi connectivity index (χ2n) is 7.86. The molecule has 0 aliphatic rings. The first kappa shape index (κ1) is 23.4. The number of nitrogens with zero attached hydrogens (tertiary/aromatic N) is 2. The normalized spacial score (nSPS) is 13.0. The Morgan fingerprint density at radius 1 is 1.18 bits per heavy atom. The van der Waals surface area contributed by atoms with Gasteiger partial charge in [0.25, 0.3) is 0 Å². The van der Waals surface area contributed by atoms with Gasteiger partial charge in [-0.2, -0.15) is 0 Å². The maximum atomic E-state index is 12.7. The monoisotopic (exact) mass is 513 g/mol. The molecular formula is C21H35N3O2SSn. The van der Waals surface area contributed by atoms with Crippen molar-refractivity contribution in [3.05, 3.63) is 18.2 Å². The summed E-state index contributed by atoms with van der Waals surface area (Å²) in [4.78, 5) is 28.7. The van der Waals surface area contributed by atoms with Crippen molar-refractivity contribution < 1.29 is 9.59 Å². The van der Waals surface area contributed by atoms with Crippen LogP contribution in [0.4, 0.5) is 0 Å². The molecule has 2 aromatic rings. The van der Waals surface area contributed by atoms with Crippen molar-refractivity contribution in [2.75, 3.05) is 0 Å². The van der Waals surface area contributed by atoms with Crippen LogP contribution in [0.25, 0.3) is 4.83 Å². The molecule has 0 aromatic carbocycles. The number of imidazole rings is 1. The number of unbranched alkanes of at least 4 members (excludes halogenated alkanes) is 3. The SMILES string of the molecule is CCC[CH2][Sn]([CH2]CCC)([CH2]CCC)[c]1cn2cnc(C(=O)C(C)NC=O)c2s1. The molecule has 0 radical (unpaired) electrons. The fourth-order valence-corrected chi connectivity index (χ4v) is 23.9. The Morgan fingerprint density at radius 2 is 1.75 bits per heavy atom. The van der Waals surface area contributed by atoms with Crippen LogP contribution in [-0.4, -0.2) is 46.0 Å². The molecular weight excluding hydrogens is 477 g/mol. The Kier molecular flexibility index (Phi) is 9.47. The molecule has 156 valence electrons. The van der Waals surface area contributed by atoms with Gasteiger partial charge in [-0.05, 0) is 0 Å². The first-order valence-electron chi connectivity index (χ1n) is 10.7. The van der Waals surface area contributed by atoms with Gasteiger partial charge in [-0.25, -0.2) is 0 Å². The van der Waals surface area contributed by atoms with E-state index in [2.05, 4.69) is 41.7 Å². The summed E-state index contributed by atoms with van der Waals surface area (Å²) in [5, 5.41) is 2.56. The van der Waals surface area contributed by atoms with Crippen LogP contribution in [0.2, 0.25) is 13.3 Å². The average molecular weight is 512 g/mol. The van der Waals surface area contributed by atoms with Crippen molar-refractivity contribution in [3.8, 4) is 0 Å². The van der Waals surface area contributed by atoms with E-state index in [1.54, 1.807) is 16.1 Å². The van der Waals surface area contributed by atoms with Crippen molar-refractivity contribution in [2.45, 2.75) is 85.6 Å². The summed E-state index contributed by atoms with van der Waals surface area (Å²) in [6, 6.07) is -0.546. The van der Waals surface area contributed by atoms with Gasteiger partial charge < -0.3 is 0 Å². The zero-order valence-electron chi connectivity index (χ0n) is 17.8. The molecule has 0 aliphatic heterocycles. The molecule has 0 saturated heterocycles.